The summed E-state index contributed by atoms with van der Waals surface area (Å²) in [5.74, 6) is -0.244. The van der Waals surface area contributed by atoms with E-state index in [-0.39, 0.29) is 5.91 Å². The number of unbranched alkanes of at least 4 members (excludes halogenated alkanes) is 1. The van der Waals surface area contributed by atoms with E-state index in [0.29, 0.717) is 18.5 Å². The monoisotopic (exact) mass is 233 g/mol. The molecular formula is C13H17N2O2. The van der Waals surface area contributed by atoms with E-state index in [0.717, 1.165) is 12.8 Å². The van der Waals surface area contributed by atoms with E-state index in [1.54, 1.807) is 24.3 Å². The first-order chi connectivity index (χ1) is 8.27. The Labute approximate surface area is 101 Å². The molecule has 0 aliphatic carbocycles. The molecule has 0 saturated carbocycles. The van der Waals surface area contributed by atoms with Crippen molar-refractivity contribution in [3.63, 3.8) is 0 Å². The number of nitrogens with two attached hydrogens (primary N) is 1. The lowest BCUT2D eigenvalue weighted by Gasteiger charge is -2.11. The number of nitrogens with one attached hydrogen (secondary N) is 1. The summed E-state index contributed by atoms with van der Waals surface area (Å²) in [5, 5.41) is 2.64. The van der Waals surface area contributed by atoms with Crippen molar-refractivity contribution in [2.75, 3.05) is 6.54 Å². The molecule has 0 fully saturated rings. The van der Waals surface area contributed by atoms with Crippen molar-refractivity contribution in [2.45, 2.75) is 25.3 Å². The standard InChI is InChI=1S/C13H17N2O2/c14-9-5-4-8-12(10-16)15-13(17)11-6-2-1-3-7-11/h1-3,6-7,12H,4-5,8-9,14H2,(H,15,17)/t12-/m0/s1. The fourth-order valence-corrected chi connectivity index (χ4v) is 1.48. The maximum Gasteiger partial charge on any atom is 0.251 e. The van der Waals surface area contributed by atoms with Crippen molar-refractivity contribution in [3.8, 4) is 0 Å². The number of amides is 1. The highest BCUT2D eigenvalue weighted by Crippen LogP contribution is 2.02. The molecule has 0 heterocycles. The summed E-state index contributed by atoms with van der Waals surface area (Å²) in [6.45, 7) is 0.595. The van der Waals surface area contributed by atoms with Gasteiger partial charge in [0.05, 0.1) is 6.04 Å². The second kappa shape index (κ2) is 7.57. The van der Waals surface area contributed by atoms with Gasteiger partial charge in [0.2, 0.25) is 6.29 Å². The predicted molar refractivity (Wildman–Crippen MR) is 66.3 cm³/mol. The molecule has 1 amide bonds. The first-order valence-electron chi connectivity index (χ1n) is 5.71. The van der Waals surface area contributed by atoms with E-state index in [4.69, 9.17) is 5.73 Å². The van der Waals surface area contributed by atoms with Gasteiger partial charge in [-0.3, -0.25) is 9.59 Å². The lowest BCUT2D eigenvalue weighted by Crippen LogP contribution is -2.36. The maximum absolute atomic E-state index is 11.7. The van der Waals surface area contributed by atoms with Crippen LogP contribution in [0.3, 0.4) is 0 Å². The average Bonchev–Trinajstić information content (AvgIpc) is 2.38. The van der Waals surface area contributed by atoms with Gasteiger partial charge in [-0.25, -0.2) is 0 Å². The van der Waals surface area contributed by atoms with Gasteiger partial charge in [0.25, 0.3) is 5.91 Å². The first-order valence-corrected chi connectivity index (χ1v) is 5.71. The smallest absolute Gasteiger partial charge is 0.251 e. The molecule has 0 saturated heterocycles. The molecule has 4 heteroatoms. The van der Waals surface area contributed by atoms with Gasteiger partial charge in [0, 0.05) is 5.56 Å². The highest BCUT2D eigenvalue weighted by atomic mass is 16.2. The van der Waals surface area contributed by atoms with Crippen LogP contribution in [0.4, 0.5) is 0 Å². The summed E-state index contributed by atoms with van der Waals surface area (Å²) in [6.07, 6.45) is 4.08. The molecule has 0 aliphatic heterocycles. The quantitative estimate of drug-likeness (QED) is 0.691. The molecule has 0 unspecified atom stereocenters. The Morgan fingerprint density at radius 3 is 2.59 bits per heavy atom. The van der Waals surface area contributed by atoms with Crippen LogP contribution in [-0.4, -0.2) is 24.8 Å². The highest BCUT2D eigenvalue weighted by Gasteiger charge is 2.12. The van der Waals surface area contributed by atoms with E-state index < -0.39 is 6.04 Å². The minimum Gasteiger partial charge on any atom is -0.342 e. The number of hydrogen-bond donors (Lipinski definition) is 2. The van der Waals surface area contributed by atoms with Gasteiger partial charge in [-0.1, -0.05) is 18.2 Å². The molecule has 1 atom stereocenters. The Balaban J connectivity index is 2.45. The van der Waals surface area contributed by atoms with Crippen LogP contribution in [0.25, 0.3) is 0 Å². The van der Waals surface area contributed by atoms with Gasteiger partial charge in [0.15, 0.2) is 0 Å². The minimum absolute atomic E-state index is 0.244. The number of rotatable bonds is 7. The van der Waals surface area contributed by atoms with Gasteiger partial charge < -0.3 is 11.1 Å². The molecule has 1 radical (unpaired) electrons. The summed E-state index contributed by atoms with van der Waals surface area (Å²) in [7, 11) is 0. The van der Waals surface area contributed by atoms with Crippen LogP contribution in [0, 0.1) is 0 Å². The van der Waals surface area contributed by atoms with Gasteiger partial charge in [-0.2, -0.15) is 0 Å². The molecule has 0 aromatic heterocycles. The highest BCUT2D eigenvalue weighted by molar-refractivity contribution is 5.95. The van der Waals surface area contributed by atoms with Gasteiger partial charge in [0.1, 0.15) is 0 Å². The van der Waals surface area contributed by atoms with Gasteiger partial charge in [-0.15, -0.1) is 0 Å². The Bertz CT molecular complexity index is 352. The lowest BCUT2D eigenvalue weighted by molar-refractivity contribution is 0.0944. The van der Waals surface area contributed by atoms with Crippen molar-refractivity contribution in [1.29, 1.82) is 0 Å². The lowest BCUT2D eigenvalue weighted by atomic mass is 10.1. The number of hydrogen-bond acceptors (Lipinski definition) is 3. The van der Waals surface area contributed by atoms with Crippen LogP contribution in [0.1, 0.15) is 29.6 Å². The van der Waals surface area contributed by atoms with E-state index in [2.05, 4.69) is 5.32 Å². The molecule has 91 valence electrons. The predicted octanol–water partition coefficient (Wildman–Crippen LogP) is 1.02. The van der Waals surface area contributed by atoms with Crippen LogP contribution in [-0.2, 0) is 4.79 Å². The zero-order chi connectivity index (χ0) is 12.5. The zero-order valence-electron chi connectivity index (χ0n) is 9.69. The van der Waals surface area contributed by atoms with Crippen molar-refractivity contribution >= 4 is 12.2 Å². The number of carbonyl (C=O) groups excluding carboxylic acids is 2. The molecule has 1 aromatic rings. The van der Waals surface area contributed by atoms with Crippen LogP contribution in [0.2, 0.25) is 0 Å². The Morgan fingerprint density at radius 1 is 1.29 bits per heavy atom. The largest absolute Gasteiger partial charge is 0.342 e. The molecule has 0 spiro atoms. The third kappa shape index (κ3) is 4.78. The Hall–Kier alpha value is -1.68. The van der Waals surface area contributed by atoms with Crippen molar-refractivity contribution in [3.05, 3.63) is 35.9 Å². The third-order valence-electron chi connectivity index (χ3n) is 2.43. The fourth-order valence-electron chi connectivity index (χ4n) is 1.48. The topological polar surface area (TPSA) is 72.2 Å². The summed E-state index contributed by atoms with van der Waals surface area (Å²) in [5.41, 5.74) is 5.91. The second-order valence-electron chi connectivity index (χ2n) is 3.79. The van der Waals surface area contributed by atoms with E-state index in [1.807, 2.05) is 12.4 Å². The van der Waals surface area contributed by atoms with Crippen molar-refractivity contribution < 1.29 is 9.59 Å². The van der Waals surface area contributed by atoms with Gasteiger partial charge >= 0.3 is 0 Å². The molecule has 4 nitrogen and oxygen atoms in total. The van der Waals surface area contributed by atoms with Crippen LogP contribution in [0.5, 0.6) is 0 Å². The third-order valence-corrected chi connectivity index (χ3v) is 2.43. The number of carbonyl (C=O) groups is 1. The maximum atomic E-state index is 11.7. The zero-order valence-corrected chi connectivity index (χ0v) is 9.69. The summed E-state index contributed by atoms with van der Waals surface area (Å²) < 4.78 is 0. The second-order valence-corrected chi connectivity index (χ2v) is 3.79. The SMILES string of the molecule is NCCCC[C@@H]([C]=O)NC(=O)c1ccccc1. The van der Waals surface area contributed by atoms with Crippen molar-refractivity contribution in [1.82, 2.24) is 5.32 Å². The van der Waals surface area contributed by atoms with Crippen LogP contribution >= 0.6 is 0 Å². The molecule has 1 aromatic carbocycles. The molecule has 1 rings (SSSR count). The summed E-state index contributed by atoms with van der Waals surface area (Å²) >= 11 is 0. The normalized spacial score (nSPS) is 11.8. The molecule has 0 aliphatic rings. The fraction of sp³-hybridized carbons (Fsp3) is 0.385. The molecule has 0 bridgehead atoms. The van der Waals surface area contributed by atoms with Gasteiger partial charge in [-0.05, 0) is 37.9 Å². The minimum atomic E-state index is -0.547. The van der Waals surface area contributed by atoms with E-state index in [9.17, 15) is 9.59 Å². The van der Waals surface area contributed by atoms with Crippen LogP contribution < -0.4 is 11.1 Å². The van der Waals surface area contributed by atoms with E-state index >= 15 is 0 Å². The summed E-state index contributed by atoms with van der Waals surface area (Å²) in [6, 6.07) is 8.26. The van der Waals surface area contributed by atoms with Crippen molar-refractivity contribution in [2.24, 2.45) is 5.73 Å². The number of benzene rings is 1. The molecular weight excluding hydrogens is 216 g/mol. The van der Waals surface area contributed by atoms with Crippen LogP contribution in [0.15, 0.2) is 30.3 Å². The Kier molecular flexibility index (Phi) is 5.96. The Morgan fingerprint density at radius 2 is 2.00 bits per heavy atom. The average molecular weight is 233 g/mol. The molecule has 3 N–H and O–H groups in total. The van der Waals surface area contributed by atoms with E-state index in [1.165, 1.54) is 0 Å². The first kappa shape index (κ1) is 13.4. The summed E-state index contributed by atoms with van der Waals surface area (Å²) in [4.78, 5) is 22.4. The molecule has 17 heavy (non-hydrogen) atoms.